The zero-order valence-electron chi connectivity index (χ0n) is 10.1. The molecule has 3 nitrogen and oxygen atoms in total. The van der Waals surface area contributed by atoms with Crippen molar-refractivity contribution in [2.45, 2.75) is 25.9 Å². The van der Waals surface area contributed by atoms with Crippen LogP contribution in [0.1, 0.15) is 18.5 Å². The fourth-order valence-corrected chi connectivity index (χ4v) is 2.09. The first kappa shape index (κ1) is 11.4. The maximum absolute atomic E-state index is 5.79. The molecular formula is C14H14N2OS. The molecule has 0 saturated heterocycles. The van der Waals surface area contributed by atoms with Gasteiger partial charge in [-0.1, -0.05) is 12.1 Å². The van der Waals surface area contributed by atoms with Gasteiger partial charge in [0.05, 0.1) is 11.8 Å². The van der Waals surface area contributed by atoms with E-state index in [4.69, 9.17) is 17.0 Å². The number of hydrogen-bond donors (Lipinski definition) is 1. The lowest BCUT2D eigenvalue weighted by Gasteiger charge is -2.07. The molecule has 1 fully saturated rings. The second-order valence-electron chi connectivity index (χ2n) is 4.60. The standard InChI is InChI=1S/C14H14N2OS/c1-9-7-13(16-14(18)15-9)10-3-2-4-12(8-10)17-11-5-6-11/h2-4,7-8,11H,5-6H2,1H3,(H,15,16,18). The lowest BCUT2D eigenvalue weighted by Crippen LogP contribution is -1.96. The number of nitrogens with one attached hydrogen (secondary N) is 1. The molecule has 1 aliphatic rings. The van der Waals surface area contributed by atoms with Crippen molar-refractivity contribution in [3.8, 4) is 17.0 Å². The lowest BCUT2D eigenvalue weighted by molar-refractivity contribution is 0.303. The summed E-state index contributed by atoms with van der Waals surface area (Å²) < 4.78 is 6.30. The van der Waals surface area contributed by atoms with Crippen LogP contribution in [0.2, 0.25) is 0 Å². The molecule has 18 heavy (non-hydrogen) atoms. The Hall–Kier alpha value is -1.68. The Morgan fingerprint density at radius 1 is 1.33 bits per heavy atom. The van der Waals surface area contributed by atoms with E-state index in [0.29, 0.717) is 10.9 Å². The number of aryl methyl sites for hydroxylation is 1. The Morgan fingerprint density at radius 2 is 2.17 bits per heavy atom. The molecule has 1 heterocycles. The fraction of sp³-hybridized carbons (Fsp3) is 0.286. The van der Waals surface area contributed by atoms with Crippen molar-refractivity contribution < 1.29 is 4.74 Å². The summed E-state index contributed by atoms with van der Waals surface area (Å²) in [6.45, 7) is 1.98. The molecule has 0 radical (unpaired) electrons. The van der Waals surface area contributed by atoms with E-state index in [1.54, 1.807) is 0 Å². The quantitative estimate of drug-likeness (QED) is 0.854. The molecule has 0 amide bonds. The summed E-state index contributed by atoms with van der Waals surface area (Å²) in [6, 6.07) is 10.0. The highest BCUT2D eigenvalue weighted by Crippen LogP contribution is 2.29. The van der Waals surface area contributed by atoms with Crippen LogP contribution >= 0.6 is 12.2 Å². The highest BCUT2D eigenvalue weighted by atomic mass is 32.1. The summed E-state index contributed by atoms with van der Waals surface area (Å²) in [7, 11) is 0. The summed E-state index contributed by atoms with van der Waals surface area (Å²) in [5.74, 6) is 0.910. The smallest absolute Gasteiger partial charge is 0.197 e. The van der Waals surface area contributed by atoms with Gasteiger partial charge in [0.2, 0.25) is 0 Å². The number of hydrogen-bond acceptors (Lipinski definition) is 3. The zero-order valence-corrected chi connectivity index (χ0v) is 11.0. The summed E-state index contributed by atoms with van der Waals surface area (Å²) in [5, 5.41) is 0. The van der Waals surface area contributed by atoms with Crippen LogP contribution in [0.15, 0.2) is 30.3 Å². The summed E-state index contributed by atoms with van der Waals surface area (Å²) >= 11 is 5.10. The first-order chi connectivity index (χ1) is 8.70. The maximum Gasteiger partial charge on any atom is 0.197 e. The molecular weight excluding hydrogens is 244 g/mol. The molecule has 3 rings (SSSR count). The number of ether oxygens (including phenoxy) is 1. The minimum Gasteiger partial charge on any atom is -0.490 e. The molecule has 0 aliphatic heterocycles. The Labute approximate surface area is 111 Å². The molecule has 92 valence electrons. The van der Waals surface area contributed by atoms with Gasteiger partial charge in [0.25, 0.3) is 0 Å². The van der Waals surface area contributed by atoms with Crippen LogP contribution in [-0.4, -0.2) is 16.1 Å². The Balaban J connectivity index is 1.96. The zero-order chi connectivity index (χ0) is 12.5. The van der Waals surface area contributed by atoms with Crippen LogP contribution < -0.4 is 4.74 Å². The number of nitrogens with zero attached hydrogens (tertiary/aromatic N) is 1. The van der Waals surface area contributed by atoms with Crippen LogP contribution in [0.3, 0.4) is 0 Å². The van der Waals surface area contributed by atoms with E-state index < -0.39 is 0 Å². The average Bonchev–Trinajstić information content (AvgIpc) is 3.12. The van der Waals surface area contributed by atoms with Crippen molar-refractivity contribution in [2.24, 2.45) is 0 Å². The van der Waals surface area contributed by atoms with Gasteiger partial charge in [-0.05, 0) is 50.2 Å². The molecule has 1 aromatic carbocycles. The van der Waals surface area contributed by atoms with Gasteiger partial charge in [-0.3, -0.25) is 0 Å². The monoisotopic (exact) mass is 258 g/mol. The van der Waals surface area contributed by atoms with Crippen LogP contribution in [0.4, 0.5) is 0 Å². The van der Waals surface area contributed by atoms with E-state index in [9.17, 15) is 0 Å². The summed E-state index contributed by atoms with van der Waals surface area (Å²) in [5.41, 5.74) is 2.94. The van der Waals surface area contributed by atoms with Gasteiger partial charge in [-0.25, -0.2) is 4.98 Å². The molecule has 4 heteroatoms. The SMILES string of the molecule is Cc1cc(-c2cccc(OC3CC3)c2)nc(=S)[nH]1. The molecule has 0 atom stereocenters. The highest BCUT2D eigenvalue weighted by Gasteiger charge is 2.23. The van der Waals surface area contributed by atoms with Gasteiger partial charge in [-0.2, -0.15) is 0 Å². The first-order valence-electron chi connectivity index (χ1n) is 6.06. The molecule has 2 aromatic rings. The predicted octanol–water partition coefficient (Wildman–Crippen LogP) is 3.66. The van der Waals surface area contributed by atoms with E-state index >= 15 is 0 Å². The van der Waals surface area contributed by atoms with Crippen molar-refractivity contribution in [3.63, 3.8) is 0 Å². The van der Waals surface area contributed by atoms with E-state index in [2.05, 4.69) is 9.97 Å². The minimum absolute atomic E-state index is 0.411. The van der Waals surface area contributed by atoms with Crippen molar-refractivity contribution in [3.05, 3.63) is 40.8 Å². The number of H-pyrrole nitrogens is 1. The van der Waals surface area contributed by atoms with Gasteiger partial charge in [0.15, 0.2) is 4.77 Å². The molecule has 1 aliphatic carbocycles. The van der Waals surface area contributed by atoms with Crippen molar-refractivity contribution in [1.29, 1.82) is 0 Å². The average molecular weight is 258 g/mol. The minimum atomic E-state index is 0.411. The van der Waals surface area contributed by atoms with E-state index in [-0.39, 0.29) is 0 Å². The normalized spacial score (nSPS) is 14.5. The van der Waals surface area contributed by atoms with Crippen molar-refractivity contribution in [2.75, 3.05) is 0 Å². The van der Waals surface area contributed by atoms with Gasteiger partial charge < -0.3 is 9.72 Å². The van der Waals surface area contributed by atoms with Crippen LogP contribution in [0, 0.1) is 11.7 Å². The van der Waals surface area contributed by atoms with Crippen molar-refractivity contribution >= 4 is 12.2 Å². The van der Waals surface area contributed by atoms with E-state index in [0.717, 1.165) is 35.5 Å². The number of benzene rings is 1. The summed E-state index contributed by atoms with van der Waals surface area (Å²) in [4.78, 5) is 7.35. The topological polar surface area (TPSA) is 37.9 Å². The van der Waals surface area contributed by atoms with Crippen LogP contribution in [-0.2, 0) is 0 Å². The predicted molar refractivity (Wildman–Crippen MR) is 73.2 cm³/mol. The van der Waals surface area contributed by atoms with E-state index in [1.807, 2.05) is 37.3 Å². The Morgan fingerprint density at radius 3 is 2.89 bits per heavy atom. The van der Waals surface area contributed by atoms with Gasteiger partial charge in [-0.15, -0.1) is 0 Å². The second kappa shape index (κ2) is 4.53. The van der Waals surface area contributed by atoms with Crippen LogP contribution in [0.25, 0.3) is 11.3 Å². The molecule has 1 N–H and O–H groups in total. The molecule has 0 unspecified atom stereocenters. The number of aromatic amines is 1. The molecule has 1 aromatic heterocycles. The maximum atomic E-state index is 5.79. The summed E-state index contributed by atoms with van der Waals surface area (Å²) in [6.07, 6.45) is 2.74. The third-order valence-electron chi connectivity index (χ3n) is 2.84. The fourth-order valence-electron chi connectivity index (χ4n) is 1.83. The second-order valence-corrected chi connectivity index (χ2v) is 4.99. The third kappa shape index (κ3) is 2.59. The van der Waals surface area contributed by atoms with Crippen LogP contribution in [0.5, 0.6) is 5.75 Å². The molecule has 1 saturated carbocycles. The largest absolute Gasteiger partial charge is 0.490 e. The van der Waals surface area contributed by atoms with Gasteiger partial charge >= 0.3 is 0 Å². The first-order valence-corrected chi connectivity index (χ1v) is 6.46. The lowest BCUT2D eigenvalue weighted by atomic mass is 10.1. The molecule has 0 spiro atoms. The van der Waals surface area contributed by atoms with Gasteiger partial charge in [0, 0.05) is 11.3 Å². The highest BCUT2D eigenvalue weighted by molar-refractivity contribution is 7.71. The number of aromatic nitrogens is 2. The third-order valence-corrected chi connectivity index (χ3v) is 3.03. The number of rotatable bonds is 3. The van der Waals surface area contributed by atoms with Gasteiger partial charge in [0.1, 0.15) is 5.75 Å². The Kier molecular flexibility index (Phi) is 2.88. The Bertz CT molecular complexity index is 632. The van der Waals surface area contributed by atoms with E-state index in [1.165, 1.54) is 0 Å². The van der Waals surface area contributed by atoms with Crippen molar-refractivity contribution in [1.82, 2.24) is 9.97 Å². The molecule has 0 bridgehead atoms.